The largest absolute Gasteiger partial charge is 0.472 e. The highest BCUT2D eigenvalue weighted by Crippen LogP contribution is 2.18. The van der Waals surface area contributed by atoms with Crippen molar-refractivity contribution in [1.82, 2.24) is 0 Å². The van der Waals surface area contributed by atoms with Gasteiger partial charge in [0.15, 0.2) is 0 Å². The van der Waals surface area contributed by atoms with Gasteiger partial charge in [-0.15, -0.1) is 0 Å². The van der Waals surface area contributed by atoms with Gasteiger partial charge in [0, 0.05) is 5.56 Å². The Morgan fingerprint density at radius 1 is 1.79 bits per heavy atom. The molecule has 2 atom stereocenters. The first-order valence-electron chi connectivity index (χ1n) is 4.25. The summed E-state index contributed by atoms with van der Waals surface area (Å²) in [5, 5.41) is 0. The van der Waals surface area contributed by atoms with E-state index in [0.29, 0.717) is 5.56 Å². The normalized spacial score (nSPS) is 14.8. The van der Waals surface area contributed by atoms with E-state index < -0.39 is 18.2 Å². The molecule has 0 fully saturated rings. The molecule has 0 bridgehead atoms. The summed E-state index contributed by atoms with van der Waals surface area (Å²) in [5.74, 6) is -0.943. The summed E-state index contributed by atoms with van der Waals surface area (Å²) in [6, 6.07) is 0.476. The predicted octanol–water partition coefficient (Wildman–Crippen LogP) is 1.18. The number of nitrogens with two attached hydrogens (primary N) is 1. The van der Waals surface area contributed by atoms with Gasteiger partial charge in [-0.05, 0) is 13.0 Å². The van der Waals surface area contributed by atoms with Gasteiger partial charge in [0.05, 0.1) is 25.2 Å². The van der Waals surface area contributed by atoms with Crippen molar-refractivity contribution in [3.63, 3.8) is 0 Å². The maximum Gasteiger partial charge on any atom is 0.342 e. The standard InChI is InChI=1S/C9H12FNO3/c1-2-14-9(12)7(10)8(11)6-3-4-13-5-6/h3-5,7-8H,2,11H2,1H3/t7?,8-/m0/s1. The summed E-state index contributed by atoms with van der Waals surface area (Å²) in [5.41, 5.74) is 5.91. The molecule has 14 heavy (non-hydrogen) atoms. The van der Waals surface area contributed by atoms with Crippen molar-refractivity contribution < 1.29 is 18.3 Å². The van der Waals surface area contributed by atoms with Crippen LogP contribution in [0.5, 0.6) is 0 Å². The van der Waals surface area contributed by atoms with Crippen molar-refractivity contribution in [2.75, 3.05) is 6.61 Å². The first-order chi connectivity index (χ1) is 6.66. The fourth-order valence-corrected chi connectivity index (χ4v) is 1.00. The Labute approximate surface area is 80.8 Å². The Morgan fingerprint density at radius 3 is 3.00 bits per heavy atom. The molecule has 1 aromatic rings. The number of esters is 1. The van der Waals surface area contributed by atoms with Gasteiger partial charge in [0.2, 0.25) is 6.17 Å². The van der Waals surface area contributed by atoms with E-state index in [1.165, 1.54) is 18.6 Å². The van der Waals surface area contributed by atoms with Crippen LogP contribution in [-0.2, 0) is 9.53 Å². The van der Waals surface area contributed by atoms with Gasteiger partial charge in [0.25, 0.3) is 0 Å². The molecule has 1 rings (SSSR count). The molecule has 0 aliphatic rings. The molecule has 78 valence electrons. The minimum atomic E-state index is -1.85. The van der Waals surface area contributed by atoms with E-state index in [9.17, 15) is 9.18 Å². The van der Waals surface area contributed by atoms with Crippen molar-refractivity contribution in [3.8, 4) is 0 Å². The lowest BCUT2D eigenvalue weighted by atomic mass is 10.1. The minimum Gasteiger partial charge on any atom is -0.472 e. The quantitative estimate of drug-likeness (QED) is 0.743. The van der Waals surface area contributed by atoms with Gasteiger partial charge in [-0.1, -0.05) is 0 Å². The molecule has 0 saturated carbocycles. The molecular formula is C9H12FNO3. The van der Waals surface area contributed by atoms with Crippen molar-refractivity contribution in [3.05, 3.63) is 24.2 Å². The Balaban J connectivity index is 2.61. The van der Waals surface area contributed by atoms with Gasteiger partial charge in [0.1, 0.15) is 0 Å². The van der Waals surface area contributed by atoms with Crippen molar-refractivity contribution >= 4 is 5.97 Å². The molecule has 1 unspecified atom stereocenters. The number of carbonyl (C=O) groups is 1. The average molecular weight is 201 g/mol. The Kier molecular flexibility index (Phi) is 3.64. The average Bonchev–Trinajstić information content (AvgIpc) is 2.68. The number of hydrogen-bond acceptors (Lipinski definition) is 4. The number of carbonyl (C=O) groups excluding carboxylic acids is 1. The number of halogens is 1. The maximum absolute atomic E-state index is 13.3. The molecule has 1 heterocycles. The van der Waals surface area contributed by atoms with E-state index in [-0.39, 0.29) is 6.61 Å². The van der Waals surface area contributed by atoms with Crippen molar-refractivity contribution in [2.24, 2.45) is 5.73 Å². The van der Waals surface area contributed by atoms with Crippen molar-refractivity contribution in [2.45, 2.75) is 19.1 Å². The zero-order chi connectivity index (χ0) is 10.6. The van der Waals surface area contributed by atoms with Crippen molar-refractivity contribution in [1.29, 1.82) is 0 Å². The lowest BCUT2D eigenvalue weighted by molar-refractivity contribution is -0.149. The fraction of sp³-hybridized carbons (Fsp3) is 0.444. The Hall–Kier alpha value is -1.36. The second kappa shape index (κ2) is 4.76. The summed E-state index contributed by atoms with van der Waals surface area (Å²) < 4.78 is 22.5. The third-order valence-electron chi connectivity index (χ3n) is 1.76. The van der Waals surface area contributed by atoms with Gasteiger partial charge < -0.3 is 14.9 Å². The molecule has 0 saturated heterocycles. The van der Waals surface area contributed by atoms with Crippen LogP contribution in [0.3, 0.4) is 0 Å². The van der Waals surface area contributed by atoms with Crippen LogP contribution < -0.4 is 5.73 Å². The lowest BCUT2D eigenvalue weighted by Gasteiger charge is -2.13. The molecule has 0 radical (unpaired) electrons. The molecule has 5 heteroatoms. The molecule has 1 aromatic heterocycles. The van der Waals surface area contributed by atoms with E-state index in [1.807, 2.05) is 0 Å². The Morgan fingerprint density at radius 2 is 2.50 bits per heavy atom. The second-order valence-corrected chi connectivity index (χ2v) is 2.74. The maximum atomic E-state index is 13.3. The van der Waals surface area contributed by atoms with Crippen LogP contribution in [0.1, 0.15) is 18.5 Å². The summed E-state index contributed by atoms with van der Waals surface area (Å²) in [6.45, 7) is 1.74. The van der Waals surface area contributed by atoms with Gasteiger partial charge in [-0.3, -0.25) is 0 Å². The Bertz CT molecular complexity index is 286. The number of hydrogen-bond donors (Lipinski definition) is 1. The number of alkyl halides is 1. The highest BCUT2D eigenvalue weighted by molar-refractivity contribution is 5.75. The van der Waals surface area contributed by atoms with Crippen LogP contribution in [0.25, 0.3) is 0 Å². The second-order valence-electron chi connectivity index (χ2n) is 2.74. The monoisotopic (exact) mass is 201 g/mol. The van der Waals surface area contributed by atoms with Crippen LogP contribution in [-0.4, -0.2) is 18.7 Å². The van der Waals surface area contributed by atoms with Crippen LogP contribution in [0.4, 0.5) is 4.39 Å². The lowest BCUT2D eigenvalue weighted by Crippen LogP contribution is -2.31. The fourth-order valence-electron chi connectivity index (χ4n) is 1.00. The summed E-state index contributed by atoms with van der Waals surface area (Å²) in [4.78, 5) is 11.0. The minimum absolute atomic E-state index is 0.136. The molecule has 0 aliphatic carbocycles. The van der Waals surface area contributed by atoms with Gasteiger partial charge in [-0.25, -0.2) is 9.18 Å². The molecule has 2 N–H and O–H groups in total. The van der Waals surface area contributed by atoms with E-state index >= 15 is 0 Å². The first kappa shape index (κ1) is 10.7. The molecule has 0 spiro atoms. The molecule has 0 amide bonds. The third-order valence-corrected chi connectivity index (χ3v) is 1.76. The molecule has 4 nitrogen and oxygen atoms in total. The highest BCUT2D eigenvalue weighted by atomic mass is 19.1. The summed E-state index contributed by atoms with van der Waals surface area (Å²) in [7, 11) is 0. The SMILES string of the molecule is CCOC(=O)C(F)[C@@H](N)c1ccoc1. The number of ether oxygens (including phenoxy) is 1. The van der Waals surface area contributed by atoms with Gasteiger partial charge in [-0.2, -0.15) is 0 Å². The van der Waals surface area contributed by atoms with Crippen LogP contribution in [0.2, 0.25) is 0 Å². The van der Waals surface area contributed by atoms with Gasteiger partial charge >= 0.3 is 5.97 Å². The first-order valence-corrected chi connectivity index (χ1v) is 4.25. The van der Waals surface area contributed by atoms with Crippen LogP contribution in [0, 0.1) is 0 Å². The van der Waals surface area contributed by atoms with E-state index in [2.05, 4.69) is 4.74 Å². The zero-order valence-corrected chi connectivity index (χ0v) is 7.77. The summed E-state index contributed by atoms with van der Waals surface area (Å²) in [6.07, 6.45) is 0.816. The predicted molar refractivity (Wildman–Crippen MR) is 47.2 cm³/mol. The summed E-state index contributed by atoms with van der Waals surface area (Å²) >= 11 is 0. The van der Waals surface area contributed by atoms with E-state index in [4.69, 9.17) is 10.2 Å². The number of rotatable bonds is 4. The van der Waals surface area contributed by atoms with E-state index in [0.717, 1.165) is 0 Å². The van der Waals surface area contributed by atoms with Crippen LogP contribution >= 0.6 is 0 Å². The van der Waals surface area contributed by atoms with Crippen LogP contribution in [0.15, 0.2) is 23.0 Å². The van der Waals surface area contributed by atoms with E-state index in [1.54, 1.807) is 6.92 Å². The molecular weight excluding hydrogens is 189 g/mol. The molecule has 0 aliphatic heterocycles. The number of furan rings is 1. The molecule has 0 aromatic carbocycles. The third kappa shape index (κ3) is 2.32. The smallest absolute Gasteiger partial charge is 0.342 e. The zero-order valence-electron chi connectivity index (χ0n) is 7.77. The highest BCUT2D eigenvalue weighted by Gasteiger charge is 2.28. The topological polar surface area (TPSA) is 65.5 Å².